The normalized spacial score (nSPS) is 11.4. The average Bonchev–Trinajstić information content (AvgIpc) is 2.61. The number of nitrogens with zero attached hydrogens (tertiary/aromatic N) is 4. The number of aryl methyl sites for hydroxylation is 1. The molecule has 0 saturated carbocycles. The van der Waals surface area contributed by atoms with Crippen LogP contribution in [-0.4, -0.2) is 51.0 Å². The molecule has 2 aromatic carbocycles. The molecule has 5 nitrogen and oxygen atoms in total. The van der Waals surface area contributed by atoms with Gasteiger partial charge in [-0.2, -0.15) is 10.2 Å². The van der Waals surface area contributed by atoms with Gasteiger partial charge in [0.25, 0.3) is 0 Å². The number of anilines is 1. The molecule has 0 atom stereocenters. The molecule has 28 heavy (non-hydrogen) atoms. The lowest BCUT2D eigenvalue weighted by molar-refractivity contribution is -0.861. The number of Topliss-reactive ketones (excluding diaryl/α,β-unsaturated/α-hetero) is 1. The van der Waals surface area contributed by atoms with Gasteiger partial charge in [0, 0.05) is 24.3 Å². The number of carbonyl (C=O) groups excluding carboxylic acids is 1. The third kappa shape index (κ3) is 6.73. The smallest absolute Gasteiger partial charge is 0.216 e. The highest BCUT2D eigenvalue weighted by Crippen LogP contribution is 2.26. The molecule has 0 amide bonds. The number of carbonyl (C=O) groups is 1. The maximum absolute atomic E-state index is 12.3. The second kappa shape index (κ2) is 10.3. The Bertz CT molecular complexity index is 806. The van der Waals surface area contributed by atoms with Crippen molar-refractivity contribution in [1.82, 2.24) is 0 Å². The van der Waals surface area contributed by atoms with E-state index in [2.05, 4.69) is 41.1 Å². The van der Waals surface area contributed by atoms with Crippen LogP contribution in [0, 0.1) is 6.92 Å². The third-order valence-corrected chi connectivity index (χ3v) is 4.39. The minimum atomic E-state index is 0. The topological polar surface area (TPSA) is 45.0 Å². The zero-order chi connectivity index (χ0) is 20.0. The molecule has 0 bridgehead atoms. The summed E-state index contributed by atoms with van der Waals surface area (Å²) in [5.74, 6) is 0.133. The van der Waals surface area contributed by atoms with Crippen molar-refractivity contribution in [2.24, 2.45) is 10.2 Å². The Morgan fingerprint density at radius 2 is 1.57 bits per heavy atom. The number of quaternary nitrogens is 1. The number of likely N-dealkylation sites (N-methyl/N-ethyl adjacent to an activating group) is 1. The van der Waals surface area contributed by atoms with Crippen molar-refractivity contribution >= 4 is 22.8 Å². The molecule has 6 heteroatoms. The second-order valence-electron chi connectivity index (χ2n) is 7.76. The number of halogens is 1. The van der Waals surface area contributed by atoms with E-state index >= 15 is 0 Å². The van der Waals surface area contributed by atoms with Crippen LogP contribution in [-0.2, 0) is 0 Å². The van der Waals surface area contributed by atoms with E-state index in [1.807, 2.05) is 58.4 Å². The predicted octanol–water partition coefficient (Wildman–Crippen LogP) is 2.15. The fourth-order valence-electron chi connectivity index (χ4n) is 2.88. The van der Waals surface area contributed by atoms with Crippen LogP contribution in [0.25, 0.3) is 0 Å². The van der Waals surface area contributed by atoms with E-state index in [-0.39, 0.29) is 18.2 Å². The summed E-state index contributed by atoms with van der Waals surface area (Å²) in [4.78, 5) is 14.6. The Morgan fingerprint density at radius 1 is 0.964 bits per heavy atom. The summed E-state index contributed by atoms with van der Waals surface area (Å²) < 4.78 is 0.614. The first-order valence-corrected chi connectivity index (χ1v) is 9.44. The van der Waals surface area contributed by atoms with Gasteiger partial charge in [0.2, 0.25) is 5.78 Å². The van der Waals surface area contributed by atoms with E-state index in [0.29, 0.717) is 16.6 Å². The Labute approximate surface area is 175 Å². The zero-order valence-electron chi connectivity index (χ0n) is 17.7. The van der Waals surface area contributed by atoms with Gasteiger partial charge in [-0.15, -0.1) is 0 Å². The molecule has 0 aromatic heterocycles. The lowest BCUT2D eigenvalue weighted by Gasteiger charge is -2.22. The quantitative estimate of drug-likeness (QED) is 0.386. The van der Waals surface area contributed by atoms with Crippen molar-refractivity contribution in [3.8, 4) is 0 Å². The van der Waals surface area contributed by atoms with Crippen molar-refractivity contribution in [3.63, 3.8) is 0 Å². The lowest BCUT2D eigenvalue weighted by atomic mass is 10.1. The molecule has 0 radical (unpaired) electrons. The van der Waals surface area contributed by atoms with Crippen molar-refractivity contribution in [3.05, 3.63) is 53.6 Å². The van der Waals surface area contributed by atoms with Gasteiger partial charge < -0.3 is 21.8 Å². The molecular formula is C22H31ClN4O. The van der Waals surface area contributed by atoms with Gasteiger partial charge in [-0.05, 0) is 68.8 Å². The zero-order valence-corrected chi connectivity index (χ0v) is 18.5. The standard InChI is InChI=1S/C22H31N4O.ClH/c1-7-25(8-2)20-13-14-21(17(3)15-20)24-23-19-11-9-18(10-12-19)22(27)16-26(4,5)6;/h9-15H,7-8,16H2,1-6H3;1H/q+1;/p-1. The van der Waals surface area contributed by atoms with E-state index in [9.17, 15) is 4.79 Å². The van der Waals surface area contributed by atoms with Crippen LogP contribution in [0.2, 0.25) is 0 Å². The molecule has 0 heterocycles. The summed E-state index contributed by atoms with van der Waals surface area (Å²) in [6, 6.07) is 13.6. The van der Waals surface area contributed by atoms with Crippen molar-refractivity contribution in [2.45, 2.75) is 20.8 Å². The first-order chi connectivity index (χ1) is 12.7. The van der Waals surface area contributed by atoms with Gasteiger partial charge in [0.15, 0.2) is 0 Å². The highest BCUT2D eigenvalue weighted by atomic mass is 35.5. The monoisotopic (exact) mass is 402 g/mol. The van der Waals surface area contributed by atoms with Gasteiger partial charge >= 0.3 is 0 Å². The van der Waals surface area contributed by atoms with Gasteiger partial charge in [0.1, 0.15) is 6.54 Å². The van der Waals surface area contributed by atoms with Crippen LogP contribution in [0.4, 0.5) is 17.1 Å². The summed E-state index contributed by atoms with van der Waals surface area (Å²) >= 11 is 0. The Balaban J connectivity index is 0.00000392. The first kappa shape index (κ1) is 23.8. The maximum atomic E-state index is 12.3. The van der Waals surface area contributed by atoms with E-state index < -0.39 is 0 Å². The van der Waals surface area contributed by atoms with Crippen LogP contribution in [0.5, 0.6) is 0 Å². The molecule has 0 aliphatic rings. The molecule has 0 aliphatic carbocycles. The number of rotatable bonds is 8. The van der Waals surface area contributed by atoms with E-state index in [4.69, 9.17) is 0 Å². The van der Waals surface area contributed by atoms with Crippen LogP contribution in [0.1, 0.15) is 29.8 Å². The highest BCUT2D eigenvalue weighted by Gasteiger charge is 2.15. The summed E-state index contributed by atoms with van der Waals surface area (Å²) in [7, 11) is 6.02. The number of azo groups is 1. The summed E-state index contributed by atoms with van der Waals surface area (Å²) in [6.45, 7) is 8.79. The molecule has 0 spiro atoms. The molecule has 2 rings (SSSR count). The molecule has 0 aliphatic heterocycles. The van der Waals surface area contributed by atoms with Crippen LogP contribution in [0.15, 0.2) is 52.7 Å². The van der Waals surface area contributed by atoms with E-state index in [1.54, 1.807) is 0 Å². The first-order valence-electron chi connectivity index (χ1n) is 9.44. The highest BCUT2D eigenvalue weighted by molar-refractivity contribution is 5.97. The summed E-state index contributed by atoms with van der Waals surface area (Å²) in [5, 5.41) is 8.70. The molecule has 152 valence electrons. The SMILES string of the molecule is CCN(CC)c1ccc(N=Nc2ccc(C(=O)C[N+](C)(C)C)cc2)c(C)c1.[Cl-]. The number of hydrogen-bond donors (Lipinski definition) is 0. The number of benzene rings is 2. The Hall–Kier alpha value is -2.24. The average molecular weight is 403 g/mol. The number of hydrogen-bond acceptors (Lipinski definition) is 4. The van der Waals surface area contributed by atoms with Gasteiger partial charge in [0.05, 0.1) is 32.5 Å². The van der Waals surface area contributed by atoms with Gasteiger partial charge in [-0.3, -0.25) is 4.79 Å². The van der Waals surface area contributed by atoms with Crippen molar-refractivity contribution in [1.29, 1.82) is 0 Å². The summed E-state index contributed by atoms with van der Waals surface area (Å²) in [6.07, 6.45) is 0. The van der Waals surface area contributed by atoms with Crippen molar-refractivity contribution in [2.75, 3.05) is 45.7 Å². The second-order valence-corrected chi connectivity index (χ2v) is 7.76. The Morgan fingerprint density at radius 3 is 2.07 bits per heavy atom. The minimum Gasteiger partial charge on any atom is -1.00 e. The summed E-state index contributed by atoms with van der Waals surface area (Å²) in [5.41, 5.74) is 4.61. The molecule has 2 aromatic rings. The van der Waals surface area contributed by atoms with Crippen molar-refractivity contribution < 1.29 is 21.7 Å². The molecule has 0 saturated heterocycles. The van der Waals surface area contributed by atoms with Crippen LogP contribution < -0.4 is 17.3 Å². The van der Waals surface area contributed by atoms with Gasteiger partial charge in [-0.1, -0.05) is 0 Å². The molecule has 0 N–H and O–H groups in total. The predicted molar refractivity (Wildman–Crippen MR) is 113 cm³/mol. The fourth-order valence-corrected chi connectivity index (χ4v) is 2.88. The van der Waals surface area contributed by atoms with Crippen LogP contribution >= 0.6 is 0 Å². The number of ketones is 1. The van der Waals surface area contributed by atoms with E-state index in [1.165, 1.54) is 5.69 Å². The molecule has 0 fully saturated rings. The third-order valence-electron chi connectivity index (χ3n) is 4.39. The Kier molecular flexibility index (Phi) is 8.79. The van der Waals surface area contributed by atoms with Gasteiger partial charge in [-0.25, -0.2) is 0 Å². The lowest BCUT2D eigenvalue weighted by Crippen LogP contribution is -3.00. The maximum Gasteiger partial charge on any atom is 0.216 e. The van der Waals surface area contributed by atoms with E-state index in [0.717, 1.165) is 30.0 Å². The molecular weight excluding hydrogens is 372 g/mol. The minimum absolute atomic E-state index is 0. The molecule has 0 unspecified atom stereocenters. The largest absolute Gasteiger partial charge is 1.00 e. The fraction of sp³-hybridized carbons (Fsp3) is 0.409. The van der Waals surface area contributed by atoms with Crippen LogP contribution in [0.3, 0.4) is 0 Å².